The lowest BCUT2D eigenvalue weighted by atomic mass is 9.62. The molecule has 3 aliphatic heterocycles. The first-order chi connectivity index (χ1) is 22.7. The Morgan fingerprint density at radius 1 is 1.02 bits per heavy atom. The zero-order valence-electron chi connectivity index (χ0n) is 28.9. The lowest BCUT2D eigenvalue weighted by molar-refractivity contribution is -0.128. The Morgan fingerprint density at radius 3 is 2.54 bits per heavy atom. The summed E-state index contributed by atoms with van der Waals surface area (Å²) in [4.78, 5) is 18.3. The van der Waals surface area contributed by atoms with Crippen molar-refractivity contribution in [1.82, 2.24) is 9.62 Å². The number of carbonyl (C=O) groups is 1. The molecule has 1 saturated carbocycles. The number of carbonyl (C=O) groups excluding carboxylic acids is 1. The normalized spacial score (nSPS) is 34.8. The first kappa shape index (κ1) is 34.1. The van der Waals surface area contributed by atoms with Gasteiger partial charge in [0.2, 0.25) is 10.0 Å². The van der Waals surface area contributed by atoms with Crippen LogP contribution in [-0.2, 0) is 21.9 Å². The van der Waals surface area contributed by atoms with Crippen molar-refractivity contribution in [2.45, 2.75) is 95.3 Å². The van der Waals surface area contributed by atoms with Gasteiger partial charge in [0.05, 0.1) is 23.1 Å². The molecule has 1 saturated heterocycles. The van der Waals surface area contributed by atoms with E-state index in [0.29, 0.717) is 43.9 Å². The molecule has 2 aromatic rings. The first-order valence-electron chi connectivity index (χ1n) is 18.0. The van der Waals surface area contributed by atoms with Crippen molar-refractivity contribution in [3.63, 3.8) is 0 Å². The summed E-state index contributed by atoms with van der Waals surface area (Å²) in [6.45, 7) is 12.7. The number of aliphatic hydroxyl groups is 1. The van der Waals surface area contributed by atoms with E-state index in [1.807, 2.05) is 25.1 Å². The van der Waals surface area contributed by atoms with E-state index in [-0.39, 0.29) is 28.6 Å². The maximum atomic E-state index is 13.5. The number of sulfonamides is 1. The van der Waals surface area contributed by atoms with Crippen molar-refractivity contribution in [3.05, 3.63) is 58.1 Å². The molecule has 10 heteroatoms. The fourth-order valence-electron chi connectivity index (χ4n) is 9.63. The fraction of sp³-hybridized carbons (Fsp3) is 0.658. The molecule has 0 radical (unpaired) electrons. The van der Waals surface area contributed by atoms with Crippen molar-refractivity contribution >= 4 is 33.2 Å². The lowest BCUT2D eigenvalue weighted by Crippen LogP contribution is -2.62. The Bertz CT molecular complexity index is 1670. The van der Waals surface area contributed by atoms with Crippen LogP contribution in [0.5, 0.6) is 5.75 Å². The van der Waals surface area contributed by atoms with Gasteiger partial charge in [-0.1, -0.05) is 44.9 Å². The predicted molar refractivity (Wildman–Crippen MR) is 190 cm³/mol. The topological polar surface area (TPSA) is 99.2 Å². The Labute approximate surface area is 291 Å². The molecule has 2 aliphatic carbocycles. The zero-order chi connectivity index (χ0) is 34.1. The molecule has 262 valence electrons. The van der Waals surface area contributed by atoms with Gasteiger partial charge in [0.1, 0.15) is 5.75 Å². The number of hydrogen-bond donors (Lipinski definition) is 2. The summed E-state index contributed by atoms with van der Waals surface area (Å²) in [7, 11) is -3.93. The number of anilines is 1. The molecular formula is C38H52ClN3O5S. The van der Waals surface area contributed by atoms with Gasteiger partial charge in [0.15, 0.2) is 0 Å². The average molecular weight is 698 g/mol. The molecule has 7 rings (SSSR count). The van der Waals surface area contributed by atoms with Gasteiger partial charge in [-0.25, -0.2) is 13.1 Å². The van der Waals surface area contributed by atoms with Crippen molar-refractivity contribution < 1.29 is 23.1 Å². The molecular weight excluding hydrogens is 646 g/mol. The molecule has 1 amide bonds. The smallest absolute Gasteiger partial charge is 0.264 e. The number of β-amino-alcohol motifs (C(OH)–C–C–N with tert-alkyl or cyclic N) is 1. The highest BCUT2D eigenvalue weighted by atomic mass is 35.5. The average Bonchev–Trinajstić information content (AvgIpc) is 3.14. The van der Waals surface area contributed by atoms with Crippen LogP contribution in [0.25, 0.3) is 0 Å². The zero-order valence-corrected chi connectivity index (χ0v) is 30.5. The Morgan fingerprint density at radius 2 is 1.81 bits per heavy atom. The first-order valence-corrected chi connectivity index (χ1v) is 19.9. The molecule has 8 nitrogen and oxygen atoms in total. The van der Waals surface area contributed by atoms with Crippen molar-refractivity contribution in [2.24, 2.45) is 23.2 Å². The van der Waals surface area contributed by atoms with Crippen molar-refractivity contribution in [1.29, 1.82) is 0 Å². The maximum Gasteiger partial charge on any atom is 0.264 e. The Hall–Kier alpha value is -2.33. The number of benzene rings is 2. The highest BCUT2D eigenvalue weighted by Gasteiger charge is 2.51. The van der Waals surface area contributed by atoms with E-state index in [4.69, 9.17) is 16.3 Å². The number of amides is 1. The van der Waals surface area contributed by atoms with E-state index in [9.17, 15) is 18.3 Å². The van der Waals surface area contributed by atoms with Gasteiger partial charge >= 0.3 is 0 Å². The summed E-state index contributed by atoms with van der Waals surface area (Å²) in [5, 5.41) is 12.6. The van der Waals surface area contributed by atoms with Gasteiger partial charge in [0, 0.05) is 48.7 Å². The number of rotatable bonds is 2. The molecule has 0 aromatic heterocycles. The van der Waals surface area contributed by atoms with Crippen LogP contribution >= 0.6 is 11.6 Å². The molecule has 3 heterocycles. The minimum atomic E-state index is -3.93. The molecule has 6 atom stereocenters. The monoisotopic (exact) mass is 697 g/mol. The quantitative estimate of drug-likeness (QED) is 0.387. The van der Waals surface area contributed by atoms with E-state index in [0.717, 1.165) is 68.9 Å². The second-order valence-electron chi connectivity index (χ2n) is 16.7. The molecule has 2 fully saturated rings. The number of halogens is 1. The van der Waals surface area contributed by atoms with Gasteiger partial charge < -0.3 is 14.7 Å². The van der Waals surface area contributed by atoms with Crippen LogP contribution in [0.1, 0.15) is 94.1 Å². The molecule has 0 unspecified atom stereocenters. The van der Waals surface area contributed by atoms with E-state index < -0.39 is 26.8 Å². The van der Waals surface area contributed by atoms with Crippen molar-refractivity contribution in [2.75, 3.05) is 44.2 Å². The molecule has 2 N–H and O–H groups in total. The largest absolute Gasteiger partial charge is 0.490 e. The maximum absolute atomic E-state index is 13.5. The number of likely N-dealkylation sites (tertiary alicyclic amines) is 1. The number of nitrogens with zero attached hydrogens (tertiary/aromatic N) is 2. The second kappa shape index (κ2) is 12.5. The fourth-order valence-corrected chi connectivity index (χ4v) is 11.1. The number of hydrogen-bond acceptors (Lipinski definition) is 7. The lowest BCUT2D eigenvalue weighted by Gasteiger charge is -2.54. The van der Waals surface area contributed by atoms with Gasteiger partial charge in [-0.05, 0) is 116 Å². The van der Waals surface area contributed by atoms with Crippen LogP contribution in [-0.4, -0.2) is 74.5 Å². The van der Waals surface area contributed by atoms with Crippen LogP contribution in [0.15, 0.2) is 36.4 Å². The van der Waals surface area contributed by atoms with Crippen LogP contribution in [0.4, 0.5) is 5.69 Å². The molecule has 2 bridgehead atoms. The summed E-state index contributed by atoms with van der Waals surface area (Å²) < 4.78 is 35.9. The van der Waals surface area contributed by atoms with Crippen LogP contribution in [0, 0.1) is 23.2 Å². The molecule has 2 aromatic carbocycles. The summed E-state index contributed by atoms with van der Waals surface area (Å²) in [5.41, 5.74) is 2.78. The summed E-state index contributed by atoms with van der Waals surface area (Å²) in [5.74, 6) is 0.326. The summed E-state index contributed by atoms with van der Waals surface area (Å²) in [6, 6.07) is 11.5. The third kappa shape index (κ3) is 6.38. The van der Waals surface area contributed by atoms with Gasteiger partial charge in [0.25, 0.3) is 5.91 Å². The predicted octanol–water partition coefficient (Wildman–Crippen LogP) is 6.18. The van der Waals surface area contributed by atoms with E-state index >= 15 is 0 Å². The summed E-state index contributed by atoms with van der Waals surface area (Å²) >= 11 is 6.46. The van der Waals surface area contributed by atoms with Crippen LogP contribution in [0.2, 0.25) is 5.02 Å². The van der Waals surface area contributed by atoms with E-state index in [2.05, 4.69) is 40.5 Å². The highest BCUT2D eigenvalue weighted by molar-refractivity contribution is 7.90. The molecule has 48 heavy (non-hydrogen) atoms. The Kier molecular flexibility index (Phi) is 8.86. The number of fused-ring (bicyclic) bond motifs is 4. The standard InChI is InChI=1S/C38H52ClN3O5S/c1-25-7-5-16-38(44,23-41-20-36(3,4)21-41)32-12-9-29(32)19-42-22-37(15-6-8-27-17-30(39)11-13-31(27)37)24-47-34-14-10-28(18-33(34)42)35(43)40-48(45,46)26(25)2/h10-11,13-14,17-18,25-26,29,32,44H,5-9,12,15-16,19-24H2,1-4H3,(H,40,43)/t25-,26+,29-,32+,37-,38-/m0/s1. The third-order valence-electron chi connectivity index (χ3n) is 12.5. The summed E-state index contributed by atoms with van der Waals surface area (Å²) in [6.07, 6.45) is 7.02. The second-order valence-corrected chi connectivity index (χ2v) is 19.2. The SMILES string of the molecule is C[C@@H]1[C@@H](C)CCC[C@](O)(CN2CC(C)(C)C2)[C@@H]2CC[C@H]2CN2C[C@@]3(CCCc4cc(Cl)ccc43)COc3ccc(cc32)C(=O)NS1(=O)=O. The number of ether oxygens (including phenoxy) is 1. The minimum absolute atomic E-state index is 0.137. The Balaban J connectivity index is 1.28. The van der Waals surface area contributed by atoms with Crippen LogP contribution in [0.3, 0.4) is 0 Å². The van der Waals surface area contributed by atoms with Gasteiger partial charge in [-0.2, -0.15) is 0 Å². The van der Waals surface area contributed by atoms with Crippen LogP contribution < -0.4 is 14.4 Å². The van der Waals surface area contributed by atoms with Gasteiger partial charge in [-0.3, -0.25) is 9.69 Å². The minimum Gasteiger partial charge on any atom is -0.490 e. The number of nitrogens with one attached hydrogen (secondary N) is 1. The molecule has 1 spiro atoms. The van der Waals surface area contributed by atoms with E-state index in [1.54, 1.807) is 13.0 Å². The van der Waals surface area contributed by atoms with Gasteiger partial charge in [-0.15, -0.1) is 0 Å². The number of aryl methyl sites for hydroxylation is 1. The van der Waals surface area contributed by atoms with Crippen molar-refractivity contribution in [3.8, 4) is 5.75 Å². The van der Waals surface area contributed by atoms with E-state index in [1.165, 1.54) is 11.1 Å². The third-order valence-corrected chi connectivity index (χ3v) is 14.6. The molecule has 5 aliphatic rings. The highest BCUT2D eigenvalue weighted by Crippen LogP contribution is 2.49.